The molecular formula is C21H22N6O2. The third-order valence-corrected chi connectivity index (χ3v) is 5.81. The van der Waals surface area contributed by atoms with Gasteiger partial charge < -0.3 is 9.64 Å². The smallest absolute Gasteiger partial charge is 0.276 e. The molecule has 8 heteroatoms. The Morgan fingerprint density at radius 2 is 2.14 bits per heavy atom. The van der Waals surface area contributed by atoms with Crippen LogP contribution >= 0.6 is 0 Å². The highest BCUT2D eigenvalue weighted by Gasteiger charge is 2.41. The Morgan fingerprint density at radius 1 is 1.24 bits per heavy atom. The van der Waals surface area contributed by atoms with Crippen LogP contribution in [0.25, 0.3) is 11.3 Å². The predicted octanol–water partition coefficient (Wildman–Crippen LogP) is 2.47. The molecule has 8 nitrogen and oxygen atoms in total. The summed E-state index contributed by atoms with van der Waals surface area (Å²) in [5, 5.41) is 12.6. The SMILES string of the molecule is COc1cccc(-n2cc(C(=O)N3C4C=C(c5ccnn5C)CC3CC4)nn2)c1. The first-order valence-corrected chi connectivity index (χ1v) is 9.72. The maximum absolute atomic E-state index is 13.2. The highest BCUT2D eigenvalue weighted by molar-refractivity contribution is 5.93. The van der Waals surface area contributed by atoms with Crippen LogP contribution in [0, 0.1) is 0 Å². The van der Waals surface area contributed by atoms with Crippen molar-refractivity contribution in [3.05, 3.63) is 60.2 Å². The van der Waals surface area contributed by atoms with Gasteiger partial charge in [0.05, 0.1) is 30.7 Å². The average molecular weight is 390 g/mol. The molecule has 0 N–H and O–H groups in total. The van der Waals surface area contributed by atoms with Gasteiger partial charge in [0, 0.05) is 25.4 Å². The van der Waals surface area contributed by atoms with E-state index in [1.165, 1.54) is 5.57 Å². The number of hydrogen-bond acceptors (Lipinski definition) is 5. The Labute approximate surface area is 168 Å². The van der Waals surface area contributed by atoms with Crippen LogP contribution in [0.2, 0.25) is 0 Å². The summed E-state index contributed by atoms with van der Waals surface area (Å²) in [6.45, 7) is 0. The number of aromatic nitrogens is 5. The van der Waals surface area contributed by atoms with Crippen molar-refractivity contribution in [2.24, 2.45) is 7.05 Å². The Bertz CT molecular complexity index is 1100. The standard InChI is InChI=1S/C21H22N6O2/c1-25-20(8-9-22-25)14-10-16-6-7-17(11-14)27(16)21(28)19-13-26(24-23-19)15-4-3-5-18(12-15)29-2/h3-5,8-10,12-13,16-17H,6-7,11H2,1-2H3. The lowest BCUT2D eigenvalue weighted by Crippen LogP contribution is -2.43. The van der Waals surface area contributed by atoms with Crippen LogP contribution < -0.4 is 4.74 Å². The van der Waals surface area contributed by atoms with E-state index in [-0.39, 0.29) is 18.0 Å². The van der Waals surface area contributed by atoms with Crippen molar-refractivity contribution in [2.75, 3.05) is 7.11 Å². The van der Waals surface area contributed by atoms with Crippen molar-refractivity contribution in [3.8, 4) is 11.4 Å². The number of ether oxygens (including phenoxy) is 1. The Balaban J connectivity index is 1.40. The van der Waals surface area contributed by atoms with Gasteiger partial charge in [0.1, 0.15) is 5.75 Å². The van der Waals surface area contributed by atoms with Crippen LogP contribution in [-0.4, -0.2) is 54.8 Å². The molecule has 2 atom stereocenters. The van der Waals surface area contributed by atoms with Crippen molar-refractivity contribution in [1.82, 2.24) is 29.7 Å². The quantitative estimate of drug-likeness (QED) is 0.684. The fourth-order valence-corrected chi connectivity index (χ4v) is 4.40. The summed E-state index contributed by atoms with van der Waals surface area (Å²) in [4.78, 5) is 15.2. The van der Waals surface area contributed by atoms with Crippen LogP contribution in [0.15, 0.2) is 48.8 Å². The molecule has 0 aliphatic carbocycles. The van der Waals surface area contributed by atoms with Crippen LogP contribution in [0.4, 0.5) is 0 Å². The topological polar surface area (TPSA) is 78.1 Å². The Morgan fingerprint density at radius 3 is 2.90 bits per heavy atom. The number of amides is 1. The van der Waals surface area contributed by atoms with Gasteiger partial charge in [-0.15, -0.1) is 5.10 Å². The fourth-order valence-electron chi connectivity index (χ4n) is 4.40. The van der Waals surface area contributed by atoms with E-state index < -0.39 is 0 Å². The van der Waals surface area contributed by atoms with Crippen molar-refractivity contribution in [1.29, 1.82) is 0 Å². The summed E-state index contributed by atoms with van der Waals surface area (Å²) in [5.74, 6) is 0.666. The Hall–Kier alpha value is -3.42. The third kappa shape index (κ3) is 3.00. The largest absolute Gasteiger partial charge is 0.497 e. The summed E-state index contributed by atoms with van der Waals surface area (Å²) in [6, 6.07) is 9.81. The summed E-state index contributed by atoms with van der Waals surface area (Å²) in [6.07, 6.45) is 8.53. The van der Waals surface area contributed by atoms with Gasteiger partial charge in [0.2, 0.25) is 0 Å². The molecule has 1 saturated heterocycles. The molecule has 2 bridgehead atoms. The number of hydrogen-bond donors (Lipinski definition) is 0. The highest BCUT2D eigenvalue weighted by Crippen LogP contribution is 2.39. The summed E-state index contributed by atoms with van der Waals surface area (Å²) in [7, 11) is 3.57. The third-order valence-electron chi connectivity index (χ3n) is 5.81. The average Bonchev–Trinajstić information content (AvgIpc) is 3.46. The molecule has 3 aromatic rings. The van der Waals surface area contributed by atoms with Gasteiger partial charge in [-0.3, -0.25) is 9.48 Å². The molecule has 148 valence electrons. The molecule has 0 radical (unpaired) electrons. The predicted molar refractivity (Wildman–Crippen MR) is 107 cm³/mol. The van der Waals surface area contributed by atoms with Crippen molar-refractivity contribution in [3.63, 3.8) is 0 Å². The van der Waals surface area contributed by atoms with Gasteiger partial charge in [-0.1, -0.05) is 17.4 Å². The number of benzene rings is 1. The minimum absolute atomic E-state index is 0.0630. The van der Waals surface area contributed by atoms with Crippen LogP contribution in [0.3, 0.4) is 0 Å². The molecule has 29 heavy (non-hydrogen) atoms. The number of carbonyl (C=O) groups is 1. The lowest BCUT2D eigenvalue weighted by Gasteiger charge is -2.33. The second-order valence-electron chi connectivity index (χ2n) is 7.50. The number of carbonyl (C=O) groups excluding carboxylic acids is 1. The molecule has 5 rings (SSSR count). The molecule has 1 fully saturated rings. The van der Waals surface area contributed by atoms with E-state index in [9.17, 15) is 4.79 Å². The maximum atomic E-state index is 13.2. The van der Waals surface area contributed by atoms with Gasteiger partial charge >= 0.3 is 0 Å². The van der Waals surface area contributed by atoms with E-state index in [1.54, 1.807) is 18.0 Å². The van der Waals surface area contributed by atoms with Gasteiger partial charge in [-0.2, -0.15) is 5.10 Å². The number of fused-ring (bicyclic) bond motifs is 2. The van der Waals surface area contributed by atoms with Crippen molar-refractivity contribution < 1.29 is 9.53 Å². The minimum atomic E-state index is -0.0630. The molecule has 2 unspecified atom stereocenters. The van der Waals surface area contributed by atoms with Gasteiger partial charge in [0.15, 0.2) is 5.69 Å². The first kappa shape index (κ1) is 17.7. The molecule has 1 amide bonds. The molecule has 2 aromatic heterocycles. The normalized spacial score (nSPS) is 20.6. The van der Waals surface area contributed by atoms with E-state index in [4.69, 9.17) is 4.74 Å². The Kier molecular flexibility index (Phi) is 4.19. The van der Waals surface area contributed by atoms with Gasteiger partial charge in [0.25, 0.3) is 5.91 Å². The zero-order valence-corrected chi connectivity index (χ0v) is 16.4. The summed E-state index contributed by atoms with van der Waals surface area (Å²) in [5.41, 5.74) is 3.55. The highest BCUT2D eigenvalue weighted by atomic mass is 16.5. The first-order chi connectivity index (χ1) is 14.1. The molecule has 2 aliphatic heterocycles. The molecular weight excluding hydrogens is 368 g/mol. The lowest BCUT2D eigenvalue weighted by atomic mass is 9.98. The number of nitrogens with zero attached hydrogens (tertiary/aromatic N) is 6. The van der Waals surface area contributed by atoms with E-state index >= 15 is 0 Å². The maximum Gasteiger partial charge on any atom is 0.276 e. The number of aryl methyl sites for hydroxylation is 1. The zero-order valence-electron chi connectivity index (χ0n) is 16.4. The first-order valence-electron chi connectivity index (χ1n) is 9.72. The van der Waals surface area contributed by atoms with Crippen LogP contribution in [-0.2, 0) is 7.05 Å². The molecule has 0 spiro atoms. The van der Waals surface area contributed by atoms with E-state index in [1.807, 2.05) is 53.2 Å². The van der Waals surface area contributed by atoms with Gasteiger partial charge in [-0.05, 0) is 43.0 Å². The monoisotopic (exact) mass is 390 g/mol. The fraction of sp³-hybridized carbons (Fsp3) is 0.333. The molecule has 1 aromatic carbocycles. The van der Waals surface area contributed by atoms with Crippen LogP contribution in [0.5, 0.6) is 5.75 Å². The summed E-state index contributed by atoms with van der Waals surface area (Å²) >= 11 is 0. The van der Waals surface area contributed by atoms with Crippen LogP contribution in [0.1, 0.15) is 35.4 Å². The molecule has 4 heterocycles. The molecule has 0 saturated carbocycles. The molecule has 2 aliphatic rings. The number of rotatable bonds is 4. The summed E-state index contributed by atoms with van der Waals surface area (Å²) < 4.78 is 8.76. The second-order valence-corrected chi connectivity index (χ2v) is 7.50. The number of methoxy groups -OCH3 is 1. The van der Waals surface area contributed by atoms with E-state index in [2.05, 4.69) is 21.5 Å². The minimum Gasteiger partial charge on any atom is -0.497 e. The lowest BCUT2D eigenvalue weighted by molar-refractivity contribution is 0.0686. The second kappa shape index (κ2) is 6.88. The van der Waals surface area contributed by atoms with Gasteiger partial charge in [-0.25, -0.2) is 4.68 Å². The zero-order chi connectivity index (χ0) is 20.0. The van der Waals surface area contributed by atoms with E-state index in [0.29, 0.717) is 5.69 Å². The van der Waals surface area contributed by atoms with E-state index in [0.717, 1.165) is 36.4 Å². The van der Waals surface area contributed by atoms with Crippen molar-refractivity contribution in [2.45, 2.75) is 31.3 Å². The van der Waals surface area contributed by atoms with Crippen molar-refractivity contribution >= 4 is 11.5 Å².